The summed E-state index contributed by atoms with van der Waals surface area (Å²) >= 11 is 0. The Bertz CT molecular complexity index is 507. The molecule has 0 spiro atoms. The van der Waals surface area contributed by atoms with Crippen LogP contribution in [0.5, 0.6) is 0 Å². The Morgan fingerprint density at radius 3 is 2.50 bits per heavy atom. The van der Waals surface area contributed by atoms with Crippen molar-refractivity contribution in [3.63, 3.8) is 0 Å². The highest BCUT2D eigenvalue weighted by molar-refractivity contribution is 5.81. The third kappa shape index (κ3) is 4.45. The van der Waals surface area contributed by atoms with Crippen molar-refractivity contribution in [2.24, 2.45) is 0 Å². The highest BCUT2D eigenvalue weighted by Gasteiger charge is 2.30. The lowest BCUT2D eigenvalue weighted by atomic mass is 10.1. The summed E-state index contributed by atoms with van der Waals surface area (Å²) in [5, 5.41) is 2.70. The van der Waals surface area contributed by atoms with Crippen LogP contribution >= 0.6 is 0 Å². The smallest absolute Gasteiger partial charge is 0.363 e. The van der Waals surface area contributed by atoms with Gasteiger partial charge in [0.25, 0.3) is 5.91 Å². The van der Waals surface area contributed by atoms with E-state index in [9.17, 15) is 18.0 Å². The Morgan fingerprint density at radius 2 is 1.95 bits per heavy atom. The molecule has 0 aromatic heterocycles. The molecule has 1 aliphatic rings. The first kappa shape index (κ1) is 16.8. The molecule has 1 saturated heterocycles. The summed E-state index contributed by atoms with van der Waals surface area (Å²) < 4.78 is 42.9. The molecule has 1 N–H and O–H groups in total. The van der Waals surface area contributed by atoms with Crippen LogP contribution in [0.1, 0.15) is 18.1 Å². The number of hydrogen-bond acceptors (Lipinski definition) is 3. The number of halogens is 3. The van der Waals surface area contributed by atoms with Gasteiger partial charge in [-0.05, 0) is 31.7 Å². The first-order valence-corrected chi connectivity index (χ1v) is 7.03. The molecule has 4 nitrogen and oxygen atoms in total. The van der Waals surface area contributed by atoms with Gasteiger partial charge in [0.15, 0.2) is 0 Å². The highest BCUT2D eigenvalue weighted by atomic mass is 19.4. The van der Waals surface area contributed by atoms with Crippen molar-refractivity contribution in [3.05, 3.63) is 35.4 Å². The van der Waals surface area contributed by atoms with Crippen molar-refractivity contribution < 1.29 is 22.7 Å². The summed E-state index contributed by atoms with van der Waals surface area (Å²) in [6.45, 7) is 3.34. The molecule has 1 aromatic rings. The average molecular weight is 316 g/mol. The number of nitrogens with zero attached hydrogens (tertiary/aromatic N) is 1. The summed E-state index contributed by atoms with van der Waals surface area (Å²) in [4.78, 5) is 14.1. The Labute approximate surface area is 127 Å². The molecule has 0 saturated carbocycles. The molecule has 122 valence electrons. The topological polar surface area (TPSA) is 41.6 Å². The molecule has 2 rings (SSSR count). The molecule has 2 unspecified atom stereocenters. The minimum absolute atomic E-state index is 0.0273. The van der Waals surface area contributed by atoms with Crippen molar-refractivity contribution in [1.29, 1.82) is 0 Å². The molecule has 1 amide bonds. The van der Waals surface area contributed by atoms with Crippen LogP contribution in [0, 0.1) is 0 Å². The van der Waals surface area contributed by atoms with E-state index in [1.54, 1.807) is 0 Å². The van der Waals surface area contributed by atoms with E-state index in [-0.39, 0.29) is 18.6 Å². The van der Waals surface area contributed by atoms with Gasteiger partial charge in [0, 0.05) is 19.6 Å². The monoisotopic (exact) mass is 316 g/mol. The quantitative estimate of drug-likeness (QED) is 0.928. The molecule has 0 bridgehead atoms. The van der Waals surface area contributed by atoms with Crippen molar-refractivity contribution in [1.82, 2.24) is 10.2 Å². The van der Waals surface area contributed by atoms with E-state index < -0.39 is 17.8 Å². The Balaban J connectivity index is 1.88. The molecule has 22 heavy (non-hydrogen) atoms. The molecule has 1 aliphatic heterocycles. The second kappa shape index (κ2) is 6.66. The van der Waals surface area contributed by atoms with Crippen molar-refractivity contribution in [2.45, 2.75) is 31.9 Å². The number of rotatable bonds is 3. The molecule has 7 heteroatoms. The van der Waals surface area contributed by atoms with Gasteiger partial charge < -0.3 is 15.0 Å². The van der Waals surface area contributed by atoms with Crippen LogP contribution in [-0.2, 0) is 22.3 Å². The van der Waals surface area contributed by atoms with Crippen molar-refractivity contribution in [2.75, 3.05) is 20.1 Å². The zero-order valence-corrected chi connectivity index (χ0v) is 12.5. The maximum Gasteiger partial charge on any atom is 0.416 e. The zero-order valence-electron chi connectivity index (χ0n) is 12.5. The predicted molar refractivity (Wildman–Crippen MR) is 75.1 cm³/mol. The summed E-state index contributed by atoms with van der Waals surface area (Å²) in [6.07, 6.45) is -4.93. The number of carbonyl (C=O) groups is 1. The van der Waals surface area contributed by atoms with Crippen LogP contribution in [0.2, 0.25) is 0 Å². The lowest BCUT2D eigenvalue weighted by Gasteiger charge is -2.33. The standard InChI is InChI=1S/C15H19F3N2O2/c1-10-8-20(2)9-13(22-10)14(21)19-7-11-3-5-12(6-4-11)15(16,17)18/h3-6,10,13H,7-9H2,1-2H3,(H,19,21). The van der Waals surface area contributed by atoms with E-state index in [0.29, 0.717) is 12.1 Å². The molecule has 1 aromatic carbocycles. The van der Waals surface area contributed by atoms with E-state index in [0.717, 1.165) is 18.7 Å². The number of hydrogen-bond donors (Lipinski definition) is 1. The van der Waals surface area contributed by atoms with E-state index in [4.69, 9.17) is 4.74 Å². The van der Waals surface area contributed by atoms with Crippen LogP contribution < -0.4 is 5.32 Å². The summed E-state index contributed by atoms with van der Waals surface area (Å²) in [5.41, 5.74) is -0.0906. The number of nitrogens with one attached hydrogen (secondary N) is 1. The third-order valence-electron chi connectivity index (χ3n) is 3.48. The number of morpholine rings is 1. The molecule has 0 radical (unpaired) electrons. The number of alkyl halides is 3. The van der Waals surface area contributed by atoms with E-state index in [1.165, 1.54) is 12.1 Å². The van der Waals surface area contributed by atoms with Crippen LogP contribution in [0.4, 0.5) is 13.2 Å². The summed E-state index contributed by atoms with van der Waals surface area (Å²) in [7, 11) is 1.91. The lowest BCUT2D eigenvalue weighted by molar-refractivity contribution is -0.144. The van der Waals surface area contributed by atoms with E-state index >= 15 is 0 Å². The molecule has 1 heterocycles. The fourth-order valence-electron chi connectivity index (χ4n) is 2.42. The number of carbonyl (C=O) groups excluding carboxylic acids is 1. The van der Waals surface area contributed by atoms with Gasteiger partial charge in [-0.1, -0.05) is 12.1 Å². The van der Waals surface area contributed by atoms with Gasteiger partial charge in [-0.2, -0.15) is 13.2 Å². The van der Waals surface area contributed by atoms with Crippen LogP contribution in [0.3, 0.4) is 0 Å². The second-order valence-corrected chi connectivity index (χ2v) is 5.57. The molecule has 0 aliphatic carbocycles. The zero-order chi connectivity index (χ0) is 16.3. The fourth-order valence-corrected chi connectivity index (χ4v) is 2.42. The molecular formula is C15H19F3N2O2. The first-order valence-electron chi connectivity index (χ1n) is 7.03. The predicted octanol–water partition coefficient (Wildman–Crippen LogP) is 2.04. The second-order valence-electron chi connectivity index (χ2n) is 5.57. The van der Waals surface area contributed by atoms with Gasteiger partial charge >= 0.3 is 6.18 Å². The third-order valence-corrected chi connectivity index (χ3v) is 3.48. The van der Waals surface area contributed by atoms with Gasteiger partial charge in [-0.25, -0.2) is 0 Å². The van der Waals surface area contributed by atoms with Crippen LogP contribution in [-0.4, -0.2) is 43.2 Å². The van der Waals surface area contributed by atoms with Gasteiger partial charge in [0.05, 0.1) is 11.7 Å². The minimum Gasteiger partial charge on any atom is -0.363 e. The maximum absolute atomic E-state index is 12.5. The minimum atomic E-state index is -4.35. The number of ether oxygens (including phenoxy) is 1. The average Bonchev–Trinajstić information content (AvgIpc) is 2.43. The Kier molecular flexibility index (Phi) is 5.08. The number of benzene rings is 1. The van der Waals surface area contributed by atoms with Crippen molar-refractivity contribution >= 4 is 5.91 Å². The SMILES string of the molecule is CC1CN(C)CC(C(=O)NCc2ccc(C(F)(F)F)cc2)O1. The van der Waals surface area contributed by atoms with E-state index in [2.05, 4.69) is 5.32 Å². The maximum atomic E-state index is 12.5. The Morgan fingerprint density at radius 1 is 1.32 bits per heavy atom. The summed E-state index contributed by atoms with van der Waals surface area (Å²) in [6, 6.07) is 4.74. The normalized spacial score (nSPS) is 23.3. The molecule has 2 atom stereocenters. The van der Waals surface area contributed by atoms with Gasteiger partial charge in [-0.3, -0.25) is 4.79 Å². The largest absolute Gasteiger partial charge is 0.416 e. The van der Waals surface area contributed by atoms with Gasteiger partial charge in [0.1, 0.15) is 6.10 Å². The van der Waals surface area contributed by atoms with E-state index in [1.807, 2.05) is 18.9 Å². The van der Waals surface area contributed by atoms with Gasteiger partial charge in [-0.15, -0.1) is 0 Å². The van der Waals surface area contributed by atoms with Gasteiger partial charge in [0.2, 0.25) is 0 Å². The summed E-state index contributed by atoms with van der Waals surface area (Å²) in [5.74, 6) is -0.252. The van der Waals surface area contributed by atoms with Crippen LogP contribution in [0.15, 0.2) is 24.3 Å². The fraction of sp³-hybridized carbons (Fsp3) is 0.533. The molecular weight excluding hydrogens is 297 g/mol. The van der Waals surface area contributed by atoms with Crippen molar-refractivity contribution in [3.8, 4) is 0 Å². The highest BCUT2D eigenvalue weighted by Crippen LogP contribution is 2.29. The first-order chi connectivity index (χ1) is 10.3. The number of amides is 1. The molecule has 1 fully saturated rings. The Hall–Kier alpha value is -1.60. The number of likely N-dealkylation sites (N-methyl/N-ethyl adjacent to an activating group) is 1. The lowest BCUT2D eigenvalue weighted by Crippen LogP contribution is -2.51. The van der Waals surface area contributed by atoms with Crippen LogP contribution in [0.25, 0.3) is 0 Å².